The number of ether oxygens (including phenoxy) is 1. The number of primary sulfonamides is 1. The van der Waals surface area contributed by atoms with Crippen LogP contribution in [-0.4, -0.2) is 38.9 Å². The Balaban J connectivity index is 2.11. The van der Waals surface area contributed by atoms with E-state index in [0.717, 1.165) is 18.4 Å². The number of aryl methyl sites for hydroxylation is 1. The Morgan fingerprint density at radius 3 is 2.65 bits per heavy atom. The van der Waals surface area contributed by atoms with Gasteiger partial charge in [0.25, 0.3) is 5.91 Å². The van der Waals surface area contributed by atoms with Crippen molar-refractivity contribution >= 4 is 15.9 Å². The minimum Gasteiger partial charge on any atom is -0.482 e. The topological polar surface area (TPSA) is 89.7 Å². The Bertz CT molecular complexity index is 623. The van der Waals surface area contributed by atoms with E-state index >= 15 is 0 Å². The molecule has 6 nitrogen and oxygen atoms in total. The van der Waals surface area contributed by atoms with Crippen molar-refractivity contribution in [3.8, 4) is 5.75 Å². The fourth-order valence-electron chi connectivity index (χ4n) is 1.86. The number of hydrogen-bond acceptors (Lipinski definition) is 4. The Morgan fingerprint density at radius 1 is 1.45 bits per heavy atom. The molecule has 1 saturated carbocycles. The largest absolute Gasteiger partial charge is 0.482 e. The first-order valence-corrected chi connectivity index (χ1v) is 7.85. The molecule has 0 spiro atoms. The van der Waals surface area contributed by atoms with Gasteiger partial charge in [-0.2, -0.15) is 0 Å². The van der Waals surface area contributed by atoms with Crippen molar-refractivity contribution in [3.05, 3.63) is 23.8 Å². The SMILES string of the molecule is Cc1ccc(OCC(=O)N(C)C2CC2)c(S(N)(=O)=O)c1. The molecular formula is C13H18N2O4S. The summed E-state index contributed by atoms with van der Waals surface area (Å²) in [6, 6.07) is 4.94. The average Bonchev–Trinajstić information content (AvgIpc) is 3.19. The Hall–Kier alpha value is -1.60. The molecule has 2 rings (SSSR count). The zero-order valence-corrected chi connectivity index (χ0v) is 12.3. The Kier molecular flexibility index (Phi) is 4.01. The third-order valence-corrected chi connectivity index (χ3v) is 4.18. The minimum absolute atomic E-state index is 0.0978. The maximum Gasteiger partial charge on any atom is 0.260 e. The van der Waals surface area contributed by atoms with Crippen LogP contribution in [0.4, 0.5) is 0 Å². The summed E-state index contributed by atoms with van der Waals surface area (Å²) in [7, 11) is -2.16. The van der Waals surface area contributed by atoms with Gasteiger partial charge in [0.05, 0.1) is 0 Å². The van der Waals surface area contributed by atoms with Crippen LogP contribution >= 0.6 is 0 Å². The summed E-state index contributed by atoms with van der Waals surface area (Å²) >= 11 is 0. The van der Waals surface area contributed by atoms with E-state index in [9.17, 15) is 13.2 Å². The molecule has 1 aromatic carbocycles. The fourth-order valence-corrected chi connectivity index (χ4v) is 2.62. The number of amides is 1. The standard InChI is InChI=1S/C13H18N2O4S/c1-9-3-6-11(12(7-9)20(14,17)18)19-8-13(16)15(2)10-4-5-10/h3,6-7,10H,4-5,8H2,1-2H3,(H2,14,17,18). The van der Waals surface area contributed by atoms with Crippen LogP contribution in [0, 0.1) is 6.92 Å². The maximum absolute atomic E-state index is 11.8. The number of sulfonamides is 1. The third kappa shape index (κ3) is 3.49. The van der Waals surface area contributed by atoms with E-state index in [-0.39, 0.29) is 23.2 Å². The van der Waals surface area contributed by atoms with Gasteiger partial charge in [-0.3, -0.25) is 4.79 Å². The number of carbonyl (C=O) groups is 1. The molecule has 1 aliphatic rings. The molecule has 110 valence electrons. The van der Waals surface area contributed by atoms with Gasteiger partial charge >= 0.3 is 0 Å². The molecule has 0 atom stereocenters. The highest BCUT2D eigenvalue weighted by Gasteiger charge is 2.29. The molecule has 2 N–H and O–H groups in total. The van der Waals surface area contributed by atoms with Crippen molar-refractivity contribution in [1.29, 1.82) is 0 Å². The first-order valence-electron chi connectivity index (χ1n) is 6.31. The number of nitrogens with two attached hydrogens (primary N) is 1. The summed E-state index contributed by atoms with van der Waals surface area (Å²) in [6.45, 7) is 1.56. The highest BCUT2D eigenvalue weighted by molar-refractivity contribution is 7.89. The summed E-state index contributed by atoms with van der Waals surface area (Å²) in [5, 5.41) is 5.15. The quantitative estimate of drug-likeness (QED) is 0.864. The van der Waals surface area contributed by atoms with Crippen LogP contribution in [-0.2, 0) is 14.8 Å². The number of carbonyl (C=O) groups excluding carboxylic acids is 1. The van der Waals surface area contributed by atoms with Crippen LogP contribution in [0.2, 0.25) is 0 Å². The number of likely N-dealkylation sites (N-methyl/N-ethyl adjacent to an activating group) is 1. The molecule has 1 aliphatic carbocycles. The van der Waals surface area contributed by atoms with E-state index in [1.54, 1.807) is 24.9 Å². The van der Waals surface area contributed by atoms with E-state index in [0.29, 0.717) is 6.04 Å². The van der Waals surface area contributed by atoms with Gasteiger partial charge in [0, 0.05) is 13.1 Å². The van der Waals surface area contributed by atoms with E-state index in [1.807, 2.05) is 0 Å². The smallest absolute Gasteiger partial charge is 0.260 e. The lowest BCUT2D eigenvalue weighted by Crippen LogP contribution is -2.33. The zero-order chi connectivity index (χ0) is 14.9. The summed E-state index contributed by atoms with van der Waals surface area (Å²) in [5.74, 6) is -0.0657. The lowest BCUT2D eigenvalue weighted by molar-refractivity contribution is -0.132. The molecule has 0 radical (unpaired) electrons. The van der Waals surface area contributed by atoms with Gasteiger partial charge in [-0.1, -0.05) is 6.07 Å². The van der Waals surface area contributed by atoms with Crippen molar-refractivity contribution in [3.63, 3.8) is 0 Å². The van der Waals surface area contributed by atoms with E-state index < -0.39 is 10.0 Å². The predicted octanol–water partition coefficient (Wildman–Crippen LogP) is 0.642. The van der Waals surface area contributed by atoms with Crippen molar-refractivity contribution in [1.82, 2.24) is 4.90 Å². The molecule has 0 aliphatic heterocycles. The highest BCUT2D eigenvalue weighted by Crippen LogP contribution is 2.26. The molecule has 20 heavy (non-hydrogen) atoms. The minimum atomic E-state index is -3.88. The summed E-state index contributed by atoms with van der Waals surface area (Å²) in [6.07, 6.45) is 2.02. The number of rotatable bonds is 5. The van der Waals surface area contributed by atoms with Crippen molar-refractivity contribution in [2.45, 2.75) is 30.7 Å². The molecular weight excluding hydrogens is 280 g/mol. The third-order valence-electron chi connectivity index (χ3n) is 3.24. The first kappa shape index (κ1) is 14.8. The Morgan fingerprint density at radius 2 is 2.10 bits per heavy atom. The summed E-state index contributed by atoms with van der Waals surface area (Å²) in [4.78, 5) is 13.4. The molecule has 1 amide bonds. The normalized spacial score (nSPS) is 14.9. The van der Waals surface area contributed by atoms with Gasteiger partial charge in [0.15, 0.2) is 6.61 Å². The highest BCUT2D eigenvalue weighted by atomic mass is 32.2. The summed E-state index contributed by atoms with van der Waals surface area (Å²) in [5.41, 5.74) is 0.753. The molecule has 1 fully saturated rings. The monoisotopic (exact) mass is 298 g/mol. The lowest BCUT2D eigenvalue weighted by atomic mass is 10.2. The fraction of sp³-hybridized carbons (Fsp3) is 0.462. The van der Waals surface area contributed by atoms with Gasteiger partial charge in [0.1, 0.15) is 10.6 Å². The molecule has 7 heteroatoms. The second-order valence-corrected chi connectivity index (χ2v) is 6.55. The first-order chi connectivity index (χ1) is 9.29. The van der Waals surface area contributed by atoms with Gasteiger partial charge in [-0.25, -0.2) is 13.6 Å². The number of benzene rings is 1. The second-order valence-electron chi connectivity index (χ2n) is 5.02. The van der Waals surface area contributed by atoms with Crippen molar-refractivity contribution < 1.29 is 17.9 Å². The second kappa shape index (κ2) is 5.41. The van der Waals surface area contributed by atoms with Crippen LogP contribution in [0.15, 0.2) is 23.1 Å². The van der Waals surface area contributed by atoms with Crippen LogP contribution < -0.4 is 9.88 Å². The predicted molar refractivity (Wildman–Crippen MR) is 73.8 cm³/mol. The van der Waals surface area contributed by atoms with E-state index in [1.165, 1.54) is 12.1 Å². The molecule has 0 bridgehead atoms. The zero-order valence-electron chi connectivity index (χ0n) is 11.5. The van der Waals surface area contributed by atoms with Gasteiger partial charge < -0.3 is 9.64 Å². The van der Waals surface area contributed by atoms with Crippen LogP contribution in [0.1, 0.15) is 18.4 Å². The number of nitrogens with zero attached hydrogens (tertiary/aromatic N) is 1. The molecule has 0 aromatic heterocycles. The maximum atomic E-state index is 11.8. The molecule has 0 heterocycles. The molecule has 0 saturated heterocycles. The summed E-state index contributed by atoms with van der Waals surface area (Å²) < 4.78 is 28.3. The number of hydrogen-bond donors (Lipinski definition) is 1. The average molecular weight is 298 g/mol. The Labute approximate surface area is 118 Å². The van der Waals surface area contributed by atoms with Gasteiger partial charge in [-0.15, -0.1) is 0 Å². The van der Waals surface area contributed by atoms with E-state index in [4.69, 9.17) is 9.88 Å². The van der Waals surface area contributed by atoms with Gasteiger partial charge in [0.2, 0.25) is 10.0 Å². The molecule has 1 aromatic rings. The molecule has 0 unspecified atom stereocenters. The van der Waals surface area contributed by atoms with Crippen LogP contribution in [0.25, 0.3) is 0 Å². The van der Waals surface area contributed by atoms with Crippen molar-refractivity contribution in [2.24, 2.45) is 5.14 Å². The van der Waals surface area contributed by atoms with Crippen molar-refractivity contribution in [2.75, 3.05) is 13.7 Å². The lowest BCUT2D eigenvalue weighted by Gasteiger charge is -2.17. The van der Waals surface area contributed by atoms with Gasteiger partial charge in [-0.05, 0) is 37.5 Å². The van der Waals surface area contributed by atoms with E-state index in [2.05, 4.69) is 0 Å². The van der Waals surface area contributed by atoms with Crippen LogP contribution in [0.5, 0.6) is 5.75 Å². The van der Waals surface area contributed by atoms with Crippen LogP contribution in [0.3, 0.4) is 0 Å².